The van der Waals surface area contributed by atoms with Gasteiger partial charge in [0.05, 0.1) is 6.61 Å². The Kier molecular flexibility index (Phi) is 6.11. The third kappa shape index (κ3) is 4.81. The second kappa shape index (κ2) is 7.37. The number of likely N-dealkylation sites (N-methyl/N-ethyl adjacent to an activating group) is 1. The Bertz CT molecular complexity index is 368. The first kappa shape index (κ1) is 14.1. The molecule has 1 aromatic rings. The Morgan fingerprint density at radius 1 is 1.47 bits per heavy atom. The highest BCUT2D eigenvalue weighted by Gasteiger charge is 2.04. The van der Waals surface area contributed by atoms with Crippen LogP contribution in [0.1, 0.15) is 18.1 Å². The lowest BCUT2D eigenvalue weighted by molar-refractivity contribution is 0.147. The monoisotopic (exact) mass is 252 g/mol. The maximum absolute atomic E-state index is 5.62. The maximum Gasteiger partial charge on any atom is 0.103 e. The SMILES string of the molecule is CCN(CCOC)Cc1cccc(C(N)=S)c1. The van der Waals surface area contributed by atoms with E-state index >= 15 is 0 Å². The van der Waals surface area contributed by atoms with E-state index in [1.807, 2.05) is 12.1 Å². The molecule has 0 aliphatic carbocycles. The Hall–Kier alpha value is -0.970. The van der Waals surface area contributed by atoms with Crippen LogP contribution in [0.5, 0.6) is 0 Å². The summed E-state index contributed by atoms with van der Waals surface area (Å²) in [4.78, 5) is 2.77. The number of hydrogen-bond acceptors (Lipinski definition) is 3. The minimum Gasteiger partial charge on any atom is -0.389 e. The standard InChI is InChI=1S/C13H20N2OS/c1-3-15(7-8-16-2)10-11-5-4-6-12(9-11)13(14)17/h4-6,9H,3,7-8,10H2,1-2H3,(H2,14,17). The molecule has 4 heteroatoms. The molecule has 0 bridgehead atoms. The lowest BCUT2D eigenvalue weighted by Crippen LogP contribution is -2.26. The van der Waals surface area contributed by atoms with Crippen molar-refractivity contribution < 1.29 is 4.74 Å². The predicted octanol–water partition coefficient (Wildman–Crippen LogP) is 1.79. The number of hydrogen-bond donors (Lipinski definition) is 1. The zero-order valence-corrected chi connectivity index (χ0v) is 11.3. The van der Waals surface area contributed by atoms with Crippen LogP contribution in [0.25, 0.3) is 0 Å². The van der Waals surface area contributed by atoms with E-state index in [0.29, 0.717) is 4.99 Å². The summed E-state index contributed by atoms with van der Waals surface area (Å²) in [6.45, 7) is 5.73. The second-order valence-electron chi connectivity index (χ2n) is 3.93. The third-order valence-electron chi connectivity index (χ3n) is 2.68. The number of rotatable bonds is 7. The highest BCUT2D eigenvalue weighted by molar-refractivity contribution is 7.80. The molecular formula is C13H20N2OS. The summed E-state index contributed by atoms with van der Waals surface area (Å²) in [6.07, 6.45) is 0. The quantitative estimate of drug-likeness (QED) is 0.751. The van der Waals surface area contributed by atoms with Crippen molar-refractivity contribution in [3.8, 4) is 0 Å². The highest BCUT2D eigenvalue weighted by Crippen LogP contribution is 2.08. The van der Waals surface area contributed by atoms with Gasteiger partial charge in [0.1, 0.15) is 4.99 Å². The van der Waals surface area contributed by atoms with Crippen LogP contribution in [-0.4, -0.2) is 36.7 Å². The van der Waals surface area contributed by atoms with Crippen molar-refractivity contribution >= 4 is 17.2 Å². The van der Waals surface area contributed by atoms with E-state index in [1.165, 1.54) is 5.56 Å². The number of ether oxygens (including phenoxy) is 1. The molecular weight excluding hydrogens is 232 g/mol. The molecule has 0 heterocycles. The fraction of sp³-hybridized carbons (Fsp3) is 0.462. The second-order valence-corrected chi connectivity index (χ2v) is 4.37. The van der Waals surface area contributed by atoms with E-state index in [9.17, 15) is 0 Å². The van der Waals surface area contributed by atoms with Crippen molar-refractivity contribution in [3.63, 3.8) is 0 Å². The van der Waals surface area contributed by atoms with Crippen molar-refractivity contribution in [3.05, 3.63) is 35.4 Å². The molecule has 0 aliphatic rings. The highest BCUT2D eigenvalue weighted by atomic mass is 32.1. The fourth-order valence-corrected chi connectivity index (χ4v) is 1.78. The average molecular weight is 252 g/mol. The molecule has 0 aromatic heterocycles. The first-order valence-electron chi connectivity index (χ1n) is 5.77. The molecule has 0 saturated heterocycles. The van der Waals surface area contributed by atoms with Crippen molar-refractivity contribution in [2.24, 2.45) is 5.73 Å². The summed E-state index contributed by atoms with van der Waals surface area (Å²) in [5.41, 5.74) is 7.78. The van der Waals surface area contributed by atoms with Gasteiger partial charge in [-0.2, -0.15) is 0 Å². The van der Waals surface area contributed by atoms with Gasteiger partial charge in [-0.1, -0.05) is 37.3 Å². The molecule has 0 spiro atoms. The van der Waals surface area contributed by atoms with Crippen LogP contribution in [0, 0.1) is 0 Å². The molecule has 2 N–H and O–H groups in total. The molecule has 0 amide bonds. The molecule has 0 aliphatic heterocycles. The van der Waals surface area contributed by atoms with Crippen LogP contribution < -0.4 is 5.73 Å². The largest absolute Gasteiger partial charge is 0.389 e. The summed E-state index contributed by atoms with van der Waals surface area (Å²) >= 11 is 4.98. The van der Waals surface area contributed by atoms with Crippen molar-refractivity contribution in [2.45, 2.75) is 13.5 Å². The van der Waals surface area contributed by atoms with Gasteiger partial charge in [-0.3, -0.25) is 4.90 Å². The van der Waals surface area contributed by atoms with Crippen molar-refractivity contribution in [1.29, 1.82) is 0 Å². The van der Waals surface area contributed by atoms with Gasteiger partial charge in [-0.25, -0.2) is 0 Å². The lowest BCUT2D eigenvalue weighted by Gasteiger charge is -2.20. The van der Waals surface area contributed by atoms with E-state index in [-0.39, 0.29) is 0 Å². The van der Waals surface area contributed by atoms with Gasteiger partial charge >= 0.3 is 0 Å². The first-order valence-corrected chi connectivity index (χ1v) is 6.18. The summed E-state index contributed by atoms with van der Waals surface area (Å²) in [5, 5.41) is 0. The minimum absolute atomic E-state index is 0.451. The minimum atomic E-state index is 0.451. The van der Waals surface area contributed by atoms with E-state index in [4.69, 9.17) is 22.7 Å². The Morgan fingerprint density at radius 3 is 2.82 bits per heavy atom. The van der Waals surface area contributed by atoms with Gasteiger partial charge in [0.25, 0.3) is 0 Å². The Morgan fingerprint density at radius 2 is 2.24 bits per heavy atom. The first-order chi connectivity index (χ1) is 8.17. The van der Waals surface area contributed by atoms with E-state index in [1.54, 1.807) is 7.11 Å². The maximum atomic E-state index is 5.62. The molecule has 1 aromatic carbocycles. The smallest absolute Gasteiger partial charge is 0.103 e. The summed E-state index contributed by atoms with van der Waals surface area (Å²) in [7, 11) is 1.72. The van der Waals surface area contributed by atoms with Gasteiger partial charge < -0.3 is 10.5 Å². The van der Waals surface area contributed by atoms with Gasteiger partial charge in [0.15, 0.2) is 0 Å². The van der Waals surface area contributed by atoms with Crippen LogP contribution in [0.3, 0.4) is 0 Å². The van der Waals surface area contributed by atoms with Crippen LogP contribution in [0.4, 0.5) is 0 Å². The Balaban J connectivity index is 2.65. The van der Waals surface area contributed by atoms with Crippen LogP contribution in [0.15, 0.2) is 24.3 Å². The number of nitrogens with two attached hydrogens (primary N) is 1. The van der Waals surface area contributed by atoms with E-state index < -0.39 is 0 Å². The van der Waals surface area contributed by atoms with Gasteiger partial charge in [0.2, 0.25) is 0 Å². The molecule has 1 rings (SSSR count). The molecule has 0 unspecified atom stereocenters. The fourth-order valence-electron chi connectivity index (χ4n) is 1.65. The molecule has 0 radical (unpaired) electrons. The van der Waals surface area contributed by atoms with Crippen LogP contribution >= 0.6 is 12.2 Å². The van der Waals surface area contributed by atoms with Gasteiger partial charge in [0, 0.05) is 25.8 Å². The van der Waals surface area contributed by atoms with E-state index in [0.717, 1.165) is 31.8 Å². The summed E-state index contributed by atoms with van der Waals surface area (Å²) in [5.74, 6) is 0. The number of methoxy groups -OCH3 is 1. The van der Waals surface area contributed by atoms with Crippen molar-refractivity contribution in [2.75, 3.05) is 26.8 Å². The zero-order valence-electron chi connectivity index (χ0n) is 10.5. The van der Waals surface area contributed by atoms with Crippen molar-refractivity contribution in [1.82, 2.24) is 4.90 Å². The summed E-state index contributed by atoms with van der Waals surface area (Å²) in [6, 6.07) is 8.08. The van der Waals surface area contributed by atoms with E-state index in [2.05, 4.69) is 24.0 Å². The third-order valence-corrected chi connectivity index (χ3v) is 2.91. The molecule has 0 fully saturated rings. The normalized spacial score (nSPS) is 10.8. The van der Waals surface area contributed by atoms with Gasteiger partial charge in [-0.05, 0) is 18.2 Å². The molecule has 94 valence electrons. The molecule has 17 heavy (non-hydrogen) atoms. The van der Waals surface area contributed by atoms with Crippen LogP contribution in [0.2, 0.25) is 0 Å². The summed E-state index contributed by atoms with van der Waals surface area (Å²) < 4.78 is 5.09. The number of thiocarbonyl (C=S) groups is 1. The predicted molar refractivity (Wildman–Crippen MR) is 75.2 cm³/mol. The molecule has 0 saturated carbocycles. The number of nitrogens with zero attached hydrogens (tertiary/aromatic N) is 1. The number of benzene rings is 1. The molecule has 3 nitrogen and oxygen atoms in total. The topological polar surface area (TPSA) is 38.5 Å². The van der Waals surface area contributed by atoms with Crippen LogP contribution in [-0.2, 0) is 11.3 Å². The zero-order chi connectivity index (χ0) is 12.7. The average Bonchev–Trinajstić information content (AvgIpc) is 2.34. The lowest BCUT2D eigenvalue weighted by atomic mass is 10.1. The molecule has 0 atom stereocenters. The Labute approximate surface area is 109 Å². The van der Waals surface area contributed by atoms with Gasteiger partial charge in [-0.15, -0.1) is 0 Å².